The number of aromatic nitrogens is 1. The third-order valence-corrected chi connectivity index (χ3v) is 5.07. The van der Waals surface area contributed by atoms with Crippen molar-refractivity contribution in [3.8, 4) is 11.6 Å². The number of unbranched alkanes of at least 4 members (excludes halogenated alkanes) is 3. The van der Waals surface area contributed by atoms with E-state index in [1.807, 2.05) is 0 Å². The molecule has 0 aromatic carbocycles. The first-order valence-electron chi connectivity index (χ1n) is 10.0. The molecule has 1 fully saturated rings. The summed E-state index contributed by atoms with van der Waals surface area (Å²) in [5, 5.41) is 0. The van der Waals surface area contributed by atoms with E-state index in [2.05, 4.69) is 18.8 Å². The molecule has 0 unspecified atom stereocenters. The van der Waals surface area contributed by atoms with Gasteiger partial charge < -0.3 is 9.47 Å². The van der Waals surface area contributed by atoms with Crippen LogP contribution in [-0.4, -0.2) is 17.6 Å². The lowest BCUT2D eigenvalue weighted by molar-refractivity contribution is -0.140. The summed E-state index contributed by atoms with van der Waals surface area (Å²) in [5.74, 6) is 1.84. The molecule has 0 radical (unpaired) electrons. The van der Waals surface area contributed by atoms with Crippen molar-refractivity contribution in [2.75, 3.05) is 6.61 Å². The van der Waals surface area contributed by atoms with Gasteiger partial charge in [-0.1, -0.05) is 46.0 Å². The van der Waals surface area contributed by atoms with E-state index in [-0.39, 0.29) is 11.9 Å². The molecular weight excluding hydrogens is 314 g/mol. The molecule has 0 saturated heterocycles. The van der Waals surface area contributed by atoms with E-state index in [0.29, 0.717) is 18.2 Å². The normalized spacial score (nSPS) is 20.2. The third-order valence-electron chi connectivity index (χ3n) is 5.07. The Morgan fingerprint density at radius 3 is 2.48 bits per heavy atom. The molecule has 4 heteroatoms. The van der Waals surface area contributed by atoms with Crippen LogP contribution < -0.4 is 9.47 Å². The number of hydrogen-bond donors (Lipinski definition) is 0. The highest BCUT2D eigenvalue weighted by Gasteiger charge is 2.27. The molecule has 0 spiro atoms. The van der Waals surface area contributed by atoms with E-state index in [1.54, 1.807) is 18.3 Å². The zero-order valence-corrected chi connectivity index (χ0v) is 15.8. The largest absolute Gasteiger partial charge is 0.478 e. The molecule has 140 valence electrons. The predicted molar refractivity (Wildman–Crippen MR) is 99.9 cm³/mol. The molecule has 4 nitrogen and oxygen atoms in total. The first-order chi connectivity index (χ1) is 12.2. The molecule has 0 atom stereocenters. The fraction of sp³-hybridized carbons (Fsp3) is 0.714. The van der Waals surface area contributed by atoms with E-state index in [0.717, 1.165) is 44.4 Å². The maximum absolute atomic E-state index is 12.3. The lowest BCUT2D eigenvalue weighted by Crippen LogP contribution is -2.25. The standard InChI is InChI=1S/C21H33NO3/c1-3-5-7-8-17-9-11-18(12-10-17)21(23)25-19-13-14-20(22-16-19)24-15-6-4-2/h13-14,16-18H,3-12,15H2,1-2H3. The van der Waals surface area contributed by atoms with Crippen molar-refractivity contribution in [1.29, 1.82) is 0 Å². The summed E-state index contributed by atoms with van der Waals surface area (Å²) < 4.78 is 11.0. The van der Waals surface area contributed by atoms with Crippen LogP contribution >= 0.6 is 0 Å². The monoisotopic (exact) mass is 347 g/mol. The van der Waals surface area contributed by atoms with E-state index >= 15 is 0 Å². The fourth-order valence-electron chi connectivity index (χ4n) is 3.40. The SMILES string of the molecule is CCCCCC1CCC(C(=O)Oc2ccc(OCCCC)nc2)CC1. The third kappa shape index (κ3) is 7.05. The molecule has 1 heterocycles. The number of hydrogen-bond acceptors (Lipinski definition) is 4. The van der Waals surface area contributed by atoms with E-state index in [4.69, 9.17) is 9.47 Å². The van der Waals surface area contributed by atoms with Crippen LogP contribution in [0.5, 0.6) is 11.6 Å². The summed E-state index contributed by atoms with van der Waals surface area (Å²) in [4.78, 5) is 16.6. The van der Waals surface area contributed by atoms with Crippen molar-refractivity contribution in [1.82, 2.24) is 4.98 Å². The van der Waals surface area contributed by atoms with Gasteiger partial charge in [-0.25, -0.2) is 4.98 Å². The average molecular weight is 347 g/mol. The zero-order valence-electron chi connectivity index (χ0n) is 15.8. The number of nitrogens with zero attached hydrogens (tertiary/aromatic N) is 1. The minimum atomic E-state index is -0.103. The van der Waals surface area contributed by atoms with Crippen LogP contribution in [0.25, 0.3) is 0 Å². The first kappa shape index (κ1) is 19.7. The van der Waals surface area contributed by atoms with E-state index in [1.165, 1.54) is 25.7 Å². The Bertz CT molecular complexity index is 492. The molecule has 1 saturated carbocycles. The highest BCUT2D eigenvalue weighted by Crippen LogP contribution is 2.33. The minimum absolute atomic E-state index is 0.0444. The number of esters is 1. The number of carbonyl (C=O) groups excluding carboxylic acids is 1. The Balaban J connectivity index is 1.71. The maximum atomic E-state index is 12.3. The van der Waals surface area contributed by atoms with Crippen molar-refractivity contribution in [2.45, 2.75) is 78.1 Å². The number of carbonyl (C=O) groups is 1. The summed E-state index contributed by atoms with van der Waals surface area (Å²) in [5.41, 5.74) is 0. The summed E-state index contributed by atoms with van der Waals surface area (Å²) >= 11 is 0. The van der Waals surface area contributed by atoms with Crippen LogP contribution in [0.3, 0.4) is 0 Å². The number of pyridine rings is 1. The molecule has 0 N–H and O–H groups in total. The molecule has 1 aliphatic carbocycles. The van der Waals surface area contributed by atoms with Crippen LogP contribution in [0.4, 0.5) is 0 Å². The van der Waals surface area contributed by atoms with Crippen LogP contribution in [0.2, 0.25) is 0 Å². The van der Waals surface area contributed by atoms with Gasteiger partial charge in [0.05, 0.1) is 18.7 Å². The molecule has 0 aliphatic heterocycles. The van der Waals surface area contributed by atoms with Crippen LogP contribution in [0.15, 0.2) is 18.3 Å². The summed E-state index contributed by atoms with van der Waals surface area (Å²) in [7, 11) is 0. The van der Waals surface area contributed by atoms with Crippen molar-refractivity contribution in [2.24, 2.45) is 11.8 Å². The van der Waals surface area contributed by atoms with Crippen molar-refractivity contribution in [3.05, 3.63) is 18.3 Å². The van der Waals surface area contributed by atoms with Crippen LogP contribution in [0.1, 0.15) is 78.1 Å². The Labute approximate surface area is 152 Å². The second-order valence-electron chi connectivity index (χ2n) is 7.17. The number of ether oxygens (including phenoxy) is 2. The second-order valence-corrected chi connectivity index (χ2v) is 7.17. The van der Waals surface area contributed by atoms with Crippen LogP contribution in [-0.2, 0) is 4.79 Å². The molecule has 2 rings (SSSR count). The Morgan fingerprint density at radius 2 is 1.84 bits per heavy atom. The summed E-state index contributed by atoms with van der Waals surface area (Å²) in [6, 6.07) is 3.53. The van der Waals surface area contributed by atoms with Gasteiger partial charge in [0.1, 0.15) is 5.75 Å². The quantitative estimate of drug-likeness (QED) is 0.411. The Morgan fingerprint density at radius 1 is 1.08 bits per heavy atom. The van der Waals surface area contributed by atoms with Gasteiger partial charge in [-0.3, -0.25) is 4.79 Å². The van der Waals surface area contributed by atoms with Crippen molar-refractivity contribution >= 4 is 5.97 Å². The van der Waals surface area contributed by atoms with Gasteiger partial charge in [0.15, 0.2) is 0 Å². The first-order valence-corrected chi connectivity index (χ1v) is 10.0. The van der Waals surface area contributed by atoms with Gasteiger partial charge in [-0.2, -0.15) is 0 Å². The summed E-state index contributed by atoms with van der Waals surface area (Å²) in [6.07, 6.45) is 13.2. The van der Waals surface area contributed by atoms with Crippen LogP contribution in [0, 0.1) is 11.8 Å². The molecule has 1 aliphatic rings. The van der Waals surface area contributed by atoms with Gasteiger partial charge in [0, 0.05) is 6.07 Å². The Hall–Kier alpha value is -1.58. The Kier molecular flexibility index (Phi) is 8.78. The van der Waals surface area contributed by atoms with Gasteiger partial charge in [-0.15, -0.1) is 0 Å². The van der Waals surface area contributed by atoms with E-state index in [9.17, 15) is 4.79 Å². The second kappa shape index (κ2) is 11.1. The maximum Gasteiger partial charge on any atom is 0.314 e. The zero-order chi connectivity index (χ0) is 17.9. The lowest BCUT2D eigenvalue weighted by atomic mass is 9.80. The number of rotatable bonds is 10. The smallest absolute Gasteiger partial charge is 0.314 e. The summed E-state index contributed by atoms with van der Waals surface area (Å²) in [6.45, 7) is 5.04. The molecule has 25 heavy (non-hydrogen) atoms. The lowest BCUT2D eigenvalue weighted by Gasteiger charge is -2.27. The van der Waals surface area contributed by atoms with Crippen molar-refractivity contribution in [3.63, 3.8) is 0 Å². The molecule has 0 amide bonds. The molecular formula is C21H33NO3. The molecule has 0 bridgehead atoms. The topological polar surface area (TPSA) is 48.4 Å². The van der Waals surface area contributed by atoms with E-state index < -0.39 is 0 Å². The highest BCUT2D eigenvalue weighted by molar-refractivity contribution is 5.75. The highest BCUT2D eigenvalue weighted by atomic mass is 16.5. The predicted octanol–water partition coefficient (Wildman–Crippen LogP) is 5.55. The van der Waals surface area contributed by atoms with Gasteiger partial charge in [0.25, 0.3) is 0 Å². The van der Waals surface area contributed by atoms with Gasteiger partial charge >= 0.3 is 5.97 Å². The molecule has 1 aromatic rings. The van der Waals surface area contributed by atoms with Gasteiger partial charge in [0.2, 0.25) is 5.88 Å². The fourth-order valence-corrected chi connectivity index (χ4v) is 3.40. The van der Waals surface area contributed by atoms with Gasteiger partial charge in [-0.05, 0) is 44.1 Å². The molecule has 1 aromatic heterocycles. The van der Waals surface area contributed by atoms with Crippen molar-refractivity contribution < 1.29 is 14.3 Å². The minimum Gasteiger partial charge on any atom is -0.478 e. The average Bonchev–Trinajstić information content (AvgIpc) is 2.64.